The molecule has 0 fully saturated rings. The van der Waals surface area contributed by atoms with Gasteiger partial charge >= 0.3 is 0 Å². The van der Waals surface area contributed by atoms with Crippen molar-refractivity contribution in [2.24, 2.45) is 5.73 Å². The molecule has 0 saturated carbocycles. The Morgan fingerprint density at radius 1 is 1.35 bits per heavy atom. The van der Waals surface area contributed by atoms with E-state index in [0.717, 1.165) is 5.56 Å². The SMILES string of the molecule is N[C@@H](Cc1ccc2c(c1)OCO2)CS(=O)(=O)O. The van der Waals surface area contributed by atoms with E-state index in [-0.39, 0.29) is 6.79 Å². The first-order chi connectivity index (χ1) is 7.94. The standard InChI is InChI=1S/C10H13NO5S/c11-8(5-17(12,13)14)3-7-1-2-9-10(4-7)16-6-15-9/h1-2,4,8H,3,5-6,11H2,(H,12,13,14)/t8-/m0/s1. The molecule has 1 aromatic rings. The number of hydrogen-bond donors (Lipinski definition) is 2. The summed E-state index contributed by atoms with van der Waals surface area (Å²) in [6, 6.07) is 4.65. The van der Waals surface area contributed by atoms with Crippen molar-refractivity contribution < 1.29 is 22.4 Å². The Hall–Kier alpha value is -1.31. The molecule has 0 spiro atoms. The van der Waals surface area contributed by atoms with Crippen LogP contribution in [0.4, 0.5) is 0 Å². The van der Waals surface area contributed by atoms with Crippen molar-refractivity contribution in [1.82, 2.24) is 0 Å². The molecule has 0 bridgehead atoms. The summed E-state index contributed by atoms with van der Waals surface area (Å²) in [6.07, 6.45) is 0.344. The number of ether oxygens (including phenoxy) is 2. The molecular weight excluding hydrogens is 246 g/mol. The van der Waals surface area contributed by atoms with Crippen molar-refractivity contribution in [3.05, 3.63) is 23.8 Å². The molecule has 0 amide bonds. The number of hydrogen-bond acceptors (Lipinski definition) is 5. The van der Waals surface area contributed by atoms with Crippen LogP contribution in [0, 0.1) is 0 Å². The van der Waals surface area contributed by atoms with Crippen molar-refractivity contribution in [2.75, 3.05) is 12.5 Å². The summed E-state index contributed by atoms with van der Waals surface area (Å²) in [5.41, 5.74) is 6.46. The molecule has 1 heterocycles. The van der Waals surface area contributed by atoms with Gasteiger partial charge in [-0.1, -0.05) is 6.07 Å². The molecule has 0 aliphatic carbocycles. The van der Waals surface area contributed by atoms with Crippen molar-refractivity contribution in [3.63, 3.8) is 0 Å². The van der Waals surface area contributed by atoms with Crippen LogP contribution < -0.4 is 15.2 Å². The van der Waals surface area contributed by atoms with E-state index in [4.69, 9.17) is 19.8 Å². The quantitative estimate of drug-likeness (QED) is 0.748. The van der Waals surface area contributed by atoms with Gasteiger partial charge in [-0.05, 0) is 24.1 Å². The third-order valence-electron chi connectivity index (χ3n) is 2.36. The zero-order valence-electron chi connectivity index (χ0n) is 9.00. The molecule has 2 rings (SSSR count). The number of rotatable bonds is 4. The lowest BCUT2D eigenvalue weighted by atomic mass is 10.1. The van der Waals surface area contributed by atoms with Crippen LogP contribution in [0.1, 0.15) is 5.56 Å². The molecule has 3 N–H and O–H groups in total. The second-order valence-corrected chi connectivity index (χ2v) is 5.40. The van der Waals surface area contributed by atoms with Crippen LogP contribution >= 0.6 is 0 Å². The molecule has 94 valence electrons. The Kier molecular flexibility index (Phi) is 3.23. The molecule has 0 radical (unpaired) electrons. The van der Waals surface area contributed by atoms with E-state index < -0.39 is 21.9 Å². The van der Waals surface area contributed by atoms with Crippen LogP contribution in [0.5, 0.6) is 11.5 Å². The topological polar surface area (TPSA) is 98.9 Å². The van der Waals surface area contributed by atoms with Gasteiger partial charge < -0.3 is 15.2 Å². The molecule has 7 heteroatoms. The van der Waals surface area contributed by atoms with Crippen LogP contribution in [0.15, 0.2) is 18.2 Å². The molecule has 6 nitrogen and oxygen atoms in total. The Balaban J connectivity index is 2.04. The summed E-state index contributed by atoms with van der Waals surface area (Å²) >= 11 is 0. The van der Waals surface area contributed by atoms with Gasteiger partial charge in [0.15, 0.2) is 11.5 Å². The Morgan fingerprint density at radius 3 is 2.76 bits per heavy atom. The first-order valence-electron chi connectivity index (χ1n) is 5.03. The third kappa shape index (κ3) is 3.32. The van der Waals surface area contributed by atoms with E-state index in [0.29, 0.717) is 17.9 Å². The smallest absolute Gasteiger partial charge is 0.266 e. The molecule has 0 saturated heterocycles. The summed E-state index contributed by atoms with van der Waals surface area (Å²) in [4.78, 5) is 0. The Labute approximate surface area is 99.1 Å². The highest BCUT2D eigenvalue weighted by atomic mass is 32.2. The predicted molar refractivity (Wildman–Crippen MR) is 60.7 cm³/mol. The van der Waals surface area contributed by atoms with Gasteiger partial charge in [0, 0.05) is 6.04 Å². The summed E-state index contributed by atoms with van der Waals surface area (Å²) in [5, 5.41) is 0. The molecule has 0 aromatic heterocycles. The van der Waals surface area contributed by atoms with E-state index in [1.165, 1.54) is 0 Å². The fourth-order valence-electron chi connectivity index (χ4n) is 1.70. The van der Waals surface area contributed by atoms with Gasteiger partial charge in [-0.15, -0.1) is 0 Å². The molecule has 1 aliphatic rings. The lowest BCUT2D eigenvalue weighted by Crippen LogP contribution is -2.31. The monoisotopic (exact) mass is 259 g/mol. The number of nitrogens with two attached hydrogens (primary N) is 1. The van der Waals surface area contributed by atoms with E-state index in [9.17, 15) is 8.42 Å². The highest BCUT2D eigenvalue weighted by Gasteiger charge is 2.16. The van der Waals surface area contributed by atoms with Crippen LogP contribution in [-0.4, -0.2) is 31.6 Å². The molecule has 1 aromatic carbocycles. The molecule has 1 atom stereocenters. The van der Waals surface area contributed by atoms with E-state index >= 15 is 0 Å². The van der Waals surface area contributed by atoms with Crippen molar-refractivity contribution in [2.45, 2.75) is 12.5 Å². The van der Waals surface area contributed by atoms with Crippen LogP contribution in [0.2, 0.25) is 0 Å². The maximum absolute atomic E-state index is 10.6. The van der Waals surface area contributed by atoms with Crippen LogP contribution in [0.3, 0.4) is 0 Å². The highest BCUT2D eigenvalue weighted by Crippen LogP contribution is 2.32. The third-order valence-corrected chi connectivity index (χ3v) is 3.21. The molecule has 17 heavy (non-hydrogen) atoms. The normalized spacial score (nSPS) is 15.9. The van der Waals surface area contributed by atoms with Crippen molar-refractivity contribution in [1.29, 1.82) is 0 Å². The van der Waals surface area contributed by atoms with Gasteiger partial charge in [0.1, 0.15) is 0 Å². The van der Waals surface area contributed by atoms with Gasteiger partial charge in [0.25, 0.3) is 10.1 Å². The minimum Gasteiger partial charge on any atom is -0.454 e. The predicted octanol–water partition coefficient (Wildman–Crippen LogP) is 0.173. The van der Waals surface area contributed by atoms with Crippen molar-refractivity contribution >= 4 is 10.1 Å². The summed E-state index contributed by atoms with van der Waals surface area (Å²) in [7, 11) is -4.04. The van der Waals surface area contributed by atoms with Gasteiger partial charge in [-0.2, -0.15) is 8.42 Å². The van der Waals surface area contributed by atoms with Crippen molar-refractivity contribution in [3.8, 4) is 11.5 Å². The van der Waals surface area contributed by atoms with E-state index in [2.05, 4.69) is 0 Å². The molecular formula is C10H13NO5S. The average molecular weight is 259 g/mol. The van der Waals surface area contributed by atoms with Crippen LogP contribution in [-0.2, 0) is 16.5 Å². The summed E-state index contributed by atoms with van der Waals surface area (Å²) < 4.78 is 40.3. The van der Waals surface area contributed by atoms with Crippen LogP contribution in [0.25, 0.3) is 0 Å². The Morgan fingerprint density at radius 2 is 2.06 bits per heavy atom. The minimum atomic E-state index is -4.04. The Bertz CT molecular complexity index is 513. The molecule has 0 unspecified atom stereocenters. The fraction of sp³-hybridized carbons (Fsp3) is 0.400. The summed E-state index contributed by atoms with van der Waals surface area (Å²) in [5.74, 6) is 0.834. The van der Waals surface area contributed by atoms with E-state index in [1.807, 2.05) is 0 Å². The zero-order chi connectivity index (χ0) is 12.5. The minimum absolute atomic E-state index is 0.190. The maximum atomic E-state index is 10.6. The van der Waals surface area contributed by atoms with Gasteiger partial charge in [0.2, 0.25) is 6.79 Å². The first-order valence-corrected chi connectivity index (χ1v) is 6.64. The van der Waals surface area contributed by atoms with Gasteiger partial charge in [-0.25, -0.2) is 0 Å². The lowest BCUT2D eigenvalue weighted by Gasteiger charge is -2.09. The van der Waals surface area contributed by atoms with E-state index in [1.54, 1.807) is 18.2 Å². The largest absolute Gasteiger partial charge is 0.454 e. The highest BCUT2D eigenvalue weighted by molar-refractivity contribution is 7.85. The average Bonchev–Trinajstić information content (AvgIpc) is 2.61. The first kappa shape index (κ1) is 12.2. The number of fused-ring (bicyclic) bond motifs is 1. The zero-order valence-corrected chi connectivity index (χ0v) is 9.81. The van der Waals surface area contributed by atoms with Gasteiger partial charge in [0.05, 0.1) is 5.75 Å². The summed E-state index contributed by atoms with van der Waals surface area (Å²) in [6.45, 7) is 0.190. The molecule has 1 aliphatic heterocycles. The lowest BCUT2D eigenvalue weighted by molar-refractivity contribution is 0.174. The second-order valence-electron chi connectivity index (χ2n) is 3.90. The van der Waals surface area contributed by atoms with Gasteiger partial charge in [-0.3, -0.25) is 4.55 Å². The second kappa shape index (κ2) is 4.52. The number of benzene rings is 1. The maximum Gasteiger partial charge on any atom is 0.266 e. The fourth-order valence-corrected chi connectivity index (χ4v) is 2.36.